The molecular formula is C25H34OS. The van der Waals surface area contributed by atoms with E-state index in [-0.39, 0.29) is 6.10 Å². The topological polar surface area (TPSA) is 20.2 Å². The van der Waals surface area contributed by atoms with E-state index < -0.39 is 0 Å². The first-order chi connectivity index (χ1) is 13.2. The molecule has 0 amide bonds. The molecule has 1 N–H and O–H groups in total. The van der Waals surface area contributed by atoms with E-state index in [4.69, 9.17) is 0 Å². The Morgan fingerprint density at radius 3 is 2.63 bits per heavy atom. The van der Waals surface area contributed by atoms with Gasteiger partial charge in [0, 0.05) is 4.88 Å². The van der Waals surface area contributed by atoms with E-state index in [2.05, 4.69) is 55.6 Å². The molecule has 0 aliphatic heterocycles. The van der Waals surface area contributed by atoms with Crippen molar-refractivity contribution < 1.29 is 5.11 Å². The summed E-state index contributed by atoms with van der Waals surface area (Å²) in [6.07, 6.45) is 10.4. The van der Waals surface area contributed by atoms with Crippen molar-refractivity contribution in [3.8, 4) is 0 Å². The lowest BCUT2D eigenvalue weighted by atomic mass is 9.88. The minimum Gasteiger partial charge on any atom is -0.388 e. The fourth-order valence-corrected chi connectivity index (χ4v) is 5.16. The predicted octanol–water partition coefficient (Wildman–Crippen LogP) is 7.57. The van der Waals surface area contributed by atoms with Crippen molar-refractivity contribution in [2.24, 2.45) is 5.92 Å². The third kappa shape index (κ3) is 5.56. The van der Waals surface area contributed by atoms with Crippen molar-refractivity contribution >= 4 is 16.9 Å². The minimum absolute atomic E-state index is 0.314. The van der Waals surface area contributed by atoms with Gasteiger partial charge in [-0.2, -0.15) is 0 Å². The summed E-state index contributed by atoms with van der Waals surface area (Å²) in [4.78, 5) is 1.51. The standard InChI is InChI=1S/C25H34OS/c1-3-4-5-11-24(26)20-14-16-22(17-15-20)25-19(2)12-13-21(25)8-6-9-23-10-7-18-27-23/h7,10,14-18,21,24,26H,3-6,8-9,11-13H2,1-2H3/t21-,24?/m0/s1. The van der Waals surface area contributed by atoms with Gasteiger partial charge in [0.25, 0.3) is 0 Å². The Hall–Kier alpha value is -1.38. The third-order valence-corrected chi connectivity index (χ3v) is 6.92. The predicted molar refractivity (Wildman–Crippen MR) is 118 cm³/mol. The lowest BCUT2D eigenvalue weighted by Gasteiger charge is -2.17. The molecule has 2 heteroatoms. The molecule has 146 valence electrons. The molecule has 1 nitrogen and oxygen atoms in total. The summed E-state index contributed by atoms with van der Waals surface area (Å²) in [6.45, 7) is 4.51. The summed E-state index contributed by atoms with van der Waals surface area (Å²) in [5.41, 5.74) is 5.58. The molecule has 1 aliphatic rings. The average Bonchev–Trinajstić information content (AvgIpc) is 3.32. The van der Waals surface area contributed by atoms with Crippen LogP contribution in [0.25, 0.3) is 5.57 Å². The van der Waals surface area contributed by atoms with Crippen molar-refractivity contribution in [3.05, 3.63) is 63.4 Å². The van der Waals surface area contributed by atoms with Gasteiger partial charge in [0.05, 0.1) is 6.10 Å². The minimum atomic E-state index is -0.314. The van der Waals surface area contributed by atoms with E-state index >= 15 is 0 Å². The van der Waals surface area contributed by atoms with Crippen molar-refractivity contribution in [1.29, 1.82) is 0 Å². The summed E-state index contributed by atoms with van der Waals surface area (Å²) in [5, 5.41) is 12.6. The van der Waals surface area contributed by atoms with Crippen molar-refractivity contribution in [2.45, 2.75) is 77.7 Å². The van der Waals surface area contributed by atoms with Crippen LogP contribution < -0.4 is 0 Å². The van der Waals surface area contributed by atoms with Crippen LogP contribution in [0.15, 0.2) is 47.4 Å². The second-order valence-electron chi connectivity index (χ2n) is 8.03. The molecule has 1 heterocycles. The molecule has 0 radical (unpaired) electrons. The van der Waals surface area contributed by atoms with Gasteiger partial charge in [-0.1, -0.05) is 62.1 Å². The van der Waals surface area contributed by atoms with Gasteiger partial charge in [-0.25, -0.2) is 0 Å². The normalized spacial score (nSPS) is 18.3. The second-order valence-corrected chi connectivity index (χ2v) is 9.07. The van der Waals surface area contributed by atoms with Gasteiger partial charge in [0.1, 0.15) is 0 Å². The maximum Gasteiger partial charge on any atom is 0.0790 e. The van der Waals surface area contributed by atoms with Gasteiger partial charge >= 0.3 is 0 Å². The maximum absolute atomic E-state index is 10.4. The molecule has 3 rings (SSSR count). The molecule has 0 saturated heterocycles. The van der Waals surface area contributed by atoms with Gasteiger partial charge in [-0.15, -0.1) is 11.3 Å². The number of allylic oxidation sites excluding steroid dienone is 2. The van der Waals surface area contributed by atoms with Gasteiger partial charge in [0.2, 0.25) is 0 Å². The maximum atomic E-state index is 10.4. The monoisotopic (exact) mass is 382 g/mol. The zero-order chi connectivity index (χ0) is 19.1. The molecule has 1 aliphatic carbocycles. The molecule has 2 atom stereocenters. The number of aliphatic hydroxyl groups is 1. The van der Waals surface area contributed by atoms with Gasteiger partial charge in [-0.3, -0.25) is 0 Å². The van der Waals surface area contributed by atoms with E-state index in [1.54, 1.807) is 11.1 Å². The number of aryl methyl sites for hydroxylation is 1. The van der Waals surface area contributed by atoms with Crippen LogP contribution in [-0.2, 0) is 6.42 Å². The molecule has 0 saturated carbocycles. The highest BCUT2D eigenvalue weighted by atomic mass is 32.1. The highest BCUT2D eigenvalue weighted by Gasteiger charge is 2.24. The Morgan fingerprint density at radius 2 is 1.93 bits per heavy atom. The Labute approximate surface area is 169 Å². The van der Waals surface area contributed by atoms with Crippen LogP contribution in [0.2, 0.25) is 0 Å². The molecule has 1 unspecified atom stereocenters. The summed E-state index contributed by atoms with van der Waals surface area (Å²) >= 11 is 1.88. The van der Waals surface area contributed by atoms with Crippen LogP contribution in [0.1, 0.15) is 87.3 Å². The van der Waals surface area contributed by atoms with Crippen LogP contribution in [0.5, 0.6) is 0 Å². The Morgan fingerprint density at radius 1 is 1.11 bits per heavy atom. The van der Waals surface area contributed by atoms with Crippen LogP contribution in [-0.4, -0.2) is 5.11 Å². The first-order valence-electron chi connectivity index (χ1n) is 10.7. The number of aliphatic hydroxyl groups excluding tert-OH is 1. The number of rotatable bonds is 10. The Bertz CT molecular complexity index is 711. The molecule has 0 spiro atoms. The second kappa shape index (κ2) is 10.2. The van der Waals surface area contributed by atoms with Gasteiger partial charge in [0.15, 0.2) is 0 Å². The van der Waals surface area contributed by atoms with Crippen LogP contribution >= 0.6 is 11.3 Å². The zero-order valence-corrected chi connectivity index (χ0v) is 17.7. The summed E-state index contributed by atoms with van der Waals surface area (Å²) in [7, 11) is 0. The first kappa shape index (κ1) is 20.4. The van der Waals surface area contributed by atoms with Crippen molar-refractivity contribution in [1.82, 2.24) is 0 Å². The third-order valence-electron chi connectivity index (χ3n) is 5.98. The number of unbranched alkanes of at least 4 members (excludes halogenated alkanes) is 2. The Balaban J connectivity index is 1.60. The number of benzene rings is 1. The summed E-state index contributed by atoms with van der Waals surface area (Å²) in [6, 6.07) is 13.2. The quantitative estimate of drug-likeness (QED) is 0.420. The summed E-state index contributed by atoms with van der Waals surface area (Å²) in [5.74, 6) is 0.699. The Kier molecular flexibility index (Phi) is 7.72. The highest BCUT2D eigenvalue weighted by Crippen LogP contribution is 2.41. The number of thiophene rings is 1. The van der Waals surface area contributed by atoms with E-state index in [1.165, 1.54) is 55.4 Å². The highest BCUT2D eigenvalue weighted by molar-refractivity contribution is 7.09. The molecular weight excluding hydrogens is 348 g/mol. The lowest BCUT2D eigenvalue weighted by Crippen LogP contribution is -2.02. The molecule has 1 aromatic carbocycles. The molecule has 27 heavy (non-hydrogen) atoms. The van der Waals surface area contributed by atoms with Crippen LogP contribution in [0.3, 0.4) is 0 Å². The molecule has 2 aromatic rings. The van der Waals surface area contributed by atoms with Crippen molar-refractivity contribution in [2.75, 3.05) is 0 Å². The zero-order valence-electron chi connectivity index (χ0n) is 16.9. The largest absolute Gasteiger partial charge is 0.388 e. The van der Waals surface area contributed by atoms with Gasteiger partial charge < -0.3 is 5.11 Å². The van der Waals surface area contributed by atoms with Crippen LogP contribution in [0, 0.1) is 5.92 Å². The average molecular weight is 383 g/mol. The molecule has 1 aromatic heterocycles. The number of hydrogen-bond donors (Lipinski definition) is 1. The van der Waals surface area contributed by atoms with E-state index in [0.29, 0.717) is 5.92 Å². The van der Waals surface area contributed by atoms with Crippen LogP contribution in [0.4, 0.5) is 0 Å². The van der Waals surface area contributed by atoms with E-state index in [0.717, 1.165) is 18.4 Å². The molecule has 0 fully saturated rings. The van der Waals surface area contributed by atoms with Crippen molar-refractivity contribution in [3.63, 3.8) is 0 Å². The summed E-state index contributed by atoms with van der Waals surface area (Å²) < 4.78 is 0. The fraction of sp³-hybridized carbons (Fsp3) is 0.520. The first-order valence-corrected chi connectivity index (χ1v) is 11.6. The lowest BCUT2D eigenvalue weighted by molar-refractivity contribution is 0.163. The fourth-order valence-electron chi connectivity index (χ4n) is 4.41. The van der Waals surface area contributed by atoms with E-state index in [9.17, 15) is 5.11 Å². The SMILES string of the molecule is CCCCCC(O)c1ccc(C2=C(C)CC[C@@H]2CCCc2cccs2)cc1. The van der Waals surface area contributed by atoms with Gasteiger partial charge in [-0.05, 0) is 79.5 Å². The molecule has 0 bridgehead atoms. The number of hydrogen-bond acceptors (Lipinski definition) is 2. The van der Waals surface area contributed by atoms with E-state index in [1.807, 2.05) is 11.3 Å². The smallest absolute Gasteiger partial charge is 0.0790 e.